The maximum absolute atomic E-state index is 5.64. The number of benzene rings is 1. The van der Waals surface area contributed by atoms with Crippen molar-refractivity contribution >= 4 is 0 Å². The van der Waals surface area contributed by atoms with Gasteiger partial charge in [0.2, 0.25) is 0 Å². The van der Waals surface area contributed by atoms with E-state index in [1.165, 1.54) is 16.7 Å². The first-order valence-corrected chi connectivity index (χ1v) is 6.87. The maximum atomic E-state index is 5.64. The molecule has 2 nitrogen and oxygen atoms in total. The molecule has 0 aliphatic heterocycles. The Kier molecular flexibility index (Phi) is 4.11. The van der Waals surface area contributed by atoms with Crippen LogP contribution in [0.1, 0.15) is 54.0 Å². The second kappa shape index (κ2) is 5.62. The van der Waals surface area contributed by atoms with Crippen LogP contribution in [0.4, 0.5) is 0 Å². The van der Waals surface area contributed by atoms with Gasteiger partial charge >= 0.3 is 0 Å². The monoisotopic (exact) mass is 257 g/mol. The number of nitrogens with one attached hydrogen (secondary N) is 1. The molecule has 2 heteroatoms. The summed E-state index contributed by atoms with van der Waals surface area (Å²) in [7, 11) is 1.99. The molecule has 102 valence electrons. The molecule has 1 aromatic heterocycles. The van der Waals surface area contributed by atoms with Crippen LogP contribution in [0.25, 0.3) is 0 Å². The molecule has 0 saturated heterocycles. The Bertz CT molecular complexity index is 537. The maximum Gasteiger partial charge on any atom is 0.106 e. The quantitative estimate of drug-likeness (QED) is 0.882. The van der Waals surface area contributed by atoms with E-state index in [-0.39, 0.29) is 6.04 Å². The van der Waals surface area contributed by atoms with Crippen LogP contribution in [0.5, 0.6) is 0 Å². The number of furan rings is 1. The molecule has 0 aliphatic carbocycles. The summed E-state index contributed by atoms with van der Waals surface area (Å²) in [6.45, 7) is 8.45. The summed E-state index contributed by atoms with van der Waals surface area (Å²) in [5.74, 6) is 2.52. The minimum atomic E-state index is 0.193. The van der Waals surface area contributed by atoms with E-state index in [2.05, 4.69) is 49.5 Å². The molecule has 2 aromatic rings. The van der Waals surface area contributed by atoms with Crippen molar-refractivity contribution in [3.63, 3.8) is 0 Å². The lowest BCUT2D eigenvalue weighted by Gasteiger charge is -2.17. The molecule has 0 fully saturated rings. The summed E-state index contributed by atoms with van der Waals surface area (Å²) in [5.41, 5.74) is 3.87. The van der Waals surface area contributed by atoms with Crippen molar-refractivity contribution in [2.45, 2.75) is 39.7 Å². The van der Waals surface area contributed by atoms with Crippen LogP contribution in [-0.2, 0) is 0 Å². The topological polar surface area (TPSA) is 25.2 Å². The van der Waals surface area contributed by atoms with Crippen LogP contribution >= 0.6 is 0 Å². The van der Waals surface area contributed by atoms with Crippen LogP contribution in [0.15, 0.2) is 34.7 Å². The van der Waals surface area contributed by atoms with Gasteiger partial charge in [-0.05, 0) is 44.0 Å². The normalized spacial score (nSPS) is 12.9. The van der Waals surface area contributed by atoms with E-state index in [1.54, 1.807) is 0 Å². The molecule has 1 heterocycles. The Balaban J connectivity index is 2.34. The smallest absolute Gasteiger partial charge is 0.106 e. The highest BCUT2D eigenvalue weighted by atomic mass is 16.3. The largest absolute Gasteiger partial charge is 0.466 e. The molecule has 0 amide bonds. The van der Waals surface area contributed by atoms with Gasteiger partial charge in [-0.1, -0.05) is 38.1 Å². The standard InChI is InChI=1S/C17H23NO/c1-11(2)14-6-8-15(9-7-14)17(18-5)16-10-12(3)19-13(16)4/h6-11,17-18H,1-5H3. The fourth-order valence-corrected chi connectivity index (χ4v) is 2.51. The predicted octanol–water partition coefficient (Wildman–Crippen LogP) is 4.33. The van der Waals surface area contributed by atoms with Crippen molar-refractivity contribution in [2.75, 3.05) is 7.05 Å². The third-order valence-corrected chi connectivity index (χ3v) is 3.62. The predicted molar refractivity (Wildman–Crippen MR) is 79.6 cm³/mol. The zero-order valence-electron chi connectivity index (χ0n) is 12.4. The van der Waals surface area contributed by atoms with E-state index in [4.69, 9.17) is 4.42 Å². The molecule has 1 unspecified atom stereocenters. The number of hydrogen-bond acceptors (Lipinski definition) is 2. The van der Waals surface area contributed by atoms with E-state index in [0.29, 0.717) is 5.92 Å². The fourth-order valence-electron chi connectivity index (χ4n) is 2.51. The minimum Gasteiger partial charge on any atom is -0.466 e. The molecule has 1 aromatic carbocycles. The summed E-state index contributed by atoms with van der Waals surface area (Å²) in [6.07, 6.45) is 0. The van der Waals surface area contributed by atoms with Gasteiger partial charge in [0.25, 0.3) is 0 Å². The number of aryl methyl sites for hydroxylation is 2. The summed E-state index contributed by atoms with van der Waals surface area (Å²) in [5, 5.41) is 3.38. The highest BCUT2D eigenvalue weighted by molar-refractivity contribution is 5.36. The molecule has 1 N–H and O–H groups in total. The Morgan fingerprint density at radius 2 is 1.58 bits per heavy atom. The zero-order valence-corrected chi connectivity index (χ0v) is 12.4. The molecule has 0 bridgehead atoms. The Labute approximate surface area is 115 Å². The first kappa shape index (κ1) is 13.9. The first-order chi connectivity index (χ1) is 9.02. The Hall–Kier alpha value is -1.54. The molecule has 1 atom stereocenters. The zero-order chi connectivity index (χ0) is 14.0. The van der Waals surface area contributed by atoms with Crippen molar-refractivity contribution < 1.29 is 4.42 Å². The molecule has 0 radical (unpaired) electrons. The van der Waals surface area contributed by atoms with E-state index >= 15 is 0 Å². The Morgan fingerprint density at radius 1 is 1.00 bits per heavy atom. The molecular formula is C17H23NO. The minimum absolute atomic E-state index is 0.193. The van der Waals surface area contributed by atoms with E-state index in [1.807, 2.05) is 20.9 Å². The molecular weight excluding hydrogens is 234 g/mol. The summed E-state index contributed by atoms with van der Waals surface area (Å²) in [6, 6.07) is 11.2. The van der Waals surface area contributed by atoms with Crippen LogP contribution in [0.3, 0.4) is 0 Å². The van der Waals surface area contributed by atoms with Crippen LogP contribution < -0.4 is 5.32 Å². The van der Waals surface area contributed by atoms with Crippen molar-refractivity contribution in [2.24, 2.45) is 0 Å². The van der Waals surface area contributed by atoms with Crippen molar-refractivity contribution in [1.29, 1.82) is 0 Å². The van der Waals surface area contributed by atoms with Gasteiger partial charge < -0.3 is 9.73 Å². The highest BCUT2D eigenvalue weighted by Crippen LogP contribution is 2.28. The van der Waals surface area contributed by atoms with Gasteiger partial charge in [0.15, 0.2) is 0 Å². The summed E-state index contributed by atoms with van der Waals surface area (Å²) < 4.78 is 5.64. The third-order valence-electron chi connectivity index (χ3n) is 3.62. The van der Waals surface area contributed by atoms with Gasteiger partial charge in [-0.3, -0.25) is 0 Å². The molecule has 0 aliphatic rings. The van der Waals surface area contributed by atoms with Gasteiger partial charge in [-0.25, -0.2) is 0 Å². The lowest BCUT2D eigenvalue weighted by Crippen LogP contribution is -2.17. The van der Waals surface area contributed by atoms with Gasteiger partial charge in [0, 0.05) is 5.56 Å². The Morgan fingerprint density at radius 3 is 2.00 bits per heavy atom. The van der Waals surface area contributed by atoms with Gasteiger partial charge in [-0.2, -0.15) is 0 Å². The van der Waals surface area contributed by atoms with Crippen LogP contribution in [0, 0.1) is 13.8 Å². The van der Waals surface area contributed by atoms with Crippen molar-refractivity contribution in [3.05, 3.63) is 58.5 Å². The third kappa shape index (κ3) is 2.90. The fraction of sp³-hybridized carbons (Fsp3) is 0.412. The molecule has 19 heavy (non-hydrogen) atoms. The first-order valence-electron chi connectivity index (χ1n) is 6.87. The molecule has 0 saturated carbocycles. The molecule has 2 rings (SSSR count). The lowest BCUT2D eigenvalue weighted by molar-refractivity contribution is 0.497. The van der Waals surface area contributed by atoms with E-state index < -0.39 is 0 Å². The van der Waals surface area contributed by atoms with Gasteiger partial charge in [-0.15, -0.1) is 0 Å². The van der Waals surface area contributed by atoms with Gasteiger partial charge in [0.1, 0.15) is 11.5 Å². The second-order valence-electron chi connectivity index (χ2n) is 5.41. The van der Waals surface area contributed by atoms with E-state index in [9.17, 15) is 0 Å². The number of hydrogen-bond donors (Lipinski definition) is 1. The summed E-state index contributed by atoms with van der Waals surface area (Å²) in [4.78, 5) is 0. The second-order valence-corrected chi connectivity index (χ2v) is 5.41. The van der Waals surface area contributed by atoms with Crippen molar-refractivity contribution in [1.82, 2.24) is 5.32 Å². The lowest BCUT2D eigenvalue weighted by atomic mass is 9.95. The number of rotatable bonds is 4. The van der Waals surface area contributed by atoms with Gasteiger partial charge in [0.05, 0.1) is 6.04 Å². The van der Waals surface area contributed by atoms with Crippen LogP contribution in [0.2, 0.25) is 0 Å². The van der Waals surface area contributed by atoms with Crippen molar-refractivity contribution in [3.8, 4) is 0 Å². The van der Waals surface area contributed by atoms with E-state index in [0.717, 1.165) is 11.5 Å². The molecule has 0 spiro atoms. The summed E-state index contributed by atoms with van der Waals surface area (Å²) >= 11 is 0. The highest BCUT2D eigenvalue weighted by Gasteiger charge is 2.17. The SMILES string of the molecule is CNC(c1ccc(C(C)C)cc1)c1cc(C)oc1C. The van der Waals surface area contributed by atoms with Crippen LogP contribution in [-0.4, -0.2) is 7.05 Å². The average molecular weight is 257 g/mol. The average Bonchev–Trinajstić information content (AvgIpc) is 2.70.